The van der Waals surface area contributed by atoms with Gasteiger partial charge in [0.05, 0.1) is 10.6 Å². The monoisotopic (exact) mass is 287 g/mol. The van der Waals surface area contributed by atoms with Crippen molar-refractivity contribution in [3.8, 4) is 0 Å². The molecule has 1 saturated heterocycles. The fraction of sp³-hybridized carbons (Fsp3) is 0.500. The zero-order valence-electron chi connectivity index (χ0n) is 10.9. The number of piperidine rings is 1. The van der Waals surface area contributed by atoms with Gasteiger partial charge in [0.2, 0.25) is 0 Å². The van der Waals surface area contributed by atoms with Crippen LogP contribution < -0.4 is 0 Å². The number of benzene rings is 1. The molecule has 19 heavy (non-hydrogen) atoms. The zero-order chi connectivity index (χ0) is 14.2. The van der Waals surface area contributed by atoms with E-state index >= 15 is 0 Å². The first-order valence-corrected chi connectivity index (χ1v) is 6.76. The maximum Gasteiger partial charge on any atom is 0.255 e. The molecule has 2 rings (SSSR count). The molecule has 0 N–H and O–H groups in total. The molecule has 1 fully saturated rings. The Morgan fingerprint density at radius 2 is 1.74 bits per heavy atom. The number of likely N-dealkylation sites (tertiary alicyclic amines) is 1. The third kappa shape index (κ3) is 2.73. The van der Waals surface area contributed by atoms with Crippen molar-refractivity contribution < 1.29 is 13.6 Å². The molecule has 0 bridgehead atoms. The van der Waals surface area contributed by atoms with E-state index in [9.17, 15) is 13.6 Å². The van der Waals surface area contributed by atoms with Crippen molar-refractivity contribution in [2.45, 2.75) is 45.2 Å². The Labute approximate surface area is 116 Å². The molecule has 5 heteroatoms. The quantitative estimate of drug-likeness (QED) is 0.714. The Hall–Kier alpha value is -1.16. The minimum atomic E-state index is -1.05. The Balaban J connectivity index is 2.35. The first-order chi connectivity index (χ1) is 8.91. The second-order valence-electron chi connectivity index (χ2n) is 5.09. The van der Waals surface area contributed by atoms with E-state index in [1.54, 1.807) is 4.90 Å². The fourth-order valence-electron chi connectivity index (χ4n) is 2.65. The summed E-state index contributed by atoms with van der Waals surface area (Å²) in [4.78, 5) is 14.2. The molecule has 0 aromatic heterocycles. The molecule has 104 valence electrons. The zero-order valence-corrected chi connectivity index (χ0v) is 11.7. The van der Waals surface area contributed by atoms with Crippen LogP contribution in [0.2, 0.25) is 5.02 Å². The Bertz CT molecular complexity index is 496. The first kappa shape index (κ1) is 14.3. The molecule has 0 saturated carbocycles. The van der Waals surface area contributed by atoms with Gasteiger partial charge in [-0.2, -0.15) is 0 Å². The fourth-order valence-corrected chi connectivity index (χ4v) is 2.88. The lowest BCUT2D eigenvalue weighted by atomic mass is 9.96. The number of rotatable bonds is 1. The standard InChI is InChI=1S/C14H16ClF2NO/c1-8-4-3-5-9(2)18(8)14(19)10-6-12(16)13(17)7-11(10)15/h6-9H,3-5H2,1-2H3/t8-,9+. The summed E-state index contributed by atoms with van der Waals surface area (Å²) in [6.45, 7) is 3.92. The van der Waals surface area contributed by atoms with Gasteiger partial charge >= 0.3 is 0 Å². The molecule has 2 nitrogen and oxygen atoms in total. The summed E-state index contributed by atoms with van der Waals surface area (Å²) in [6.07, 6.45) is 2.90. The number of hydrogen-bond donors (Lipinski definition) is 0. The molecule has 0 unspecified atom stereocenters. The average molecular weight is 288 g/mol. The molecule has 2 atom stereocenters. The third-order valence-corrected chi connectivity index (χ3v) is 3.98. The average Bonchev–Trinajstić information content (AvgIpc) is 2.33. The van der Waals surface area contributed by atoms with Gasteiger partial charge in [-0.15, -0.1) is 0 Å². The van der Waals surface area contributed by atoms with Gasteiger partial charge in [-0.25, -0.2) is 8.78 Å². The molecule has 1 heterocycles. The maximum atomic E-state index is 13.3. The van der Waals surface area contributed by atoms with Crippen LogP contribution in [-0.4, -0.2) is 22.9 Å². The predicted molar refractivity (Wildman–Crippen MR) is 70.3 cm³/mol. The van der Waals surface area contributed by atoms with E-state index in [1.165, 1.54) is 0 Å². The van der Waals surface area contributed by atoms with Crippen LogP contribution in [0.25, 0.3) is 0 Å². The van der Waals surface area contributed by atoms with Crippen molar-refractivity contribution in [2.75, 3.05) is 0 Å². The van der Waals surface area contributed by atoms with Crippen LogP contribution in [0.15, 0.2) is 12.1 Å². The van der Waals surface area contributed by atoms with Gasteiger partial charge in [0.1, 0.15) is 0 Å². The van der Waals surface area contributed by atoms with Gasteiger partial charge < -0.3 is 4.90 Å². The van der Waals surface area contributed by atoms with Crippen molar-refractivity contribution in [2.24, 2.45) is 0 Å². The van der Waals surface area contributed by atoms with Crippen LogP contribution >= 0.6 is 11.6 Å². The molecule has 0 aliphatic carbocycles. The maximum absolute atomic E-state index is 13.3. The number of hydrogen-bond acceptors (Lipinski definition) is 1. The van der Waals surface area contributed by atoms with Crippen LogP contribution in [0.5, 0.6) is 0 Å². The summed E-state index contributed by atoms with van der Waals surface area (Å²) in [5.74, 6) is -2.42. The summed E-state index contributed by atoms with van der Waals surface area (Å²) in [5, 5.41) is -0.0473. The molecule has 0 spiro atoms. The highest BCUT2D eigenvalue weighted by molar-refractivity contribution is 6.33. The molecule has 1 aliphatic rings. The smallest absolute Gasteiger partial charge is 0.255 e. The van der Waals surface area contributed by atoms with Gasteiger partial charge in [0.15, 0.2) is 11.6 Å². The van der Waals surface area contributed by atoms with E-state index in [4.69, 9.17) is 11.6 Å². The largest absolute Gasteiger partial charge is 0.333 e. The van der Waals surface area contributed by atoms with Crippen molar-refractivity contribution in [1.29, 1.82) is 0 Å². The number of carbonyl (C=O) groups is 1. The van der Waals surface area contributed by atoms with Crippen LogP contribution in [0.4, 0.5) is 8.78 Å². The highest BCUT2D eigenvalue weighted by Gasteiger charge is 2.31. The number of amides is 1. The van der Waals surface area contributed by atoms with Gasteiger partial charge in [0.25, 0.3) is 5.91 Å². The first-order valence-electron chi connectivity index (χ1n) is 6.39. The lowest BCUT2D eigenvalue weighted by molar-refractivity contribution is 0.0510. The SMILES string of the molecule is C[C@@H]1CCC[C@H](C)N1C(=O)c1cc(F)c(F)cc1Cl. The topological polar surface area (TPSA) is 20.3 Å². The van der Waals surface area contributed by atoms with Crippen LogP contribution in [0, 0.1) is 11.6 Å². The van der Waals surface area contributed by atoms with E-state index in [1.807, 2.05) is 13.8 Å². The molecule has 0 radical (unpaired) electrons. The van der Waals surface area contributed by atoms with Gasteiger partial charge in [-0.05, 0) is 45.2 Å². The summed E-state index contributed by atoms with van der Waals surface area (Å²) in [6, 6.07) is 1.90. The molecule has 1 aliphatic heterocycles. The normalized spacial score (nSPS) is 23.5. The lowest BCUT2D eigenvalue weighted by Gasteiger charge is -2.39. The second-order valence-corrected chi connectivity index (χ2v) is 5.49. The van der Waals surface area contributed by atoms with Gasteiger partial charge in [0, 0.05) is 12.1 Å². The van der Waals surface area contributed by atoms with Crippen LogP contribution in [-0.2, 0) is 0 Å². The highest BCUT2D eigenvalue weighted by atomic mass is 35.5. The van der Waals surface area contributed by atoms with Gasteiger partial charge in [-0.3, -0.25) is 4.79 Å². The van der Waals surface area contributed by atoms with Crippen LogP contribution in [0.1, 0.15) is 43.5 Å². The van der Waals surface area contributed by atoms with Crippen molar-refractivity contribution in [3.63, 3.8) is 0 Å². The summed E-state index contributed by atoms with van der Waals surface area (Å²) >= 11 is 5.86. The summed E-state index contributed by atoms with van der Waals surface area (Å²) < 4.78 is 26.3. The number of carbonyl (C=O) groups excluding carboxylic acids is 1. The molecule has 1 aromatic rings. The number of nitrogens with zero attached hydrogens (tertiary/aromatic N) is 1. The Kier molecular flexibility index (Phi) is 4.09. The molecule has 1 amide bonds. The van der Waals surface area contributed by atoms with Gasteiger partial charge in [-0.1, -0.05) is 11.6 Å². The summed E-state index contributed by atoms with van der Waals surface area (Å²) in [7, 11) is 0. The Morgan fingerprint density at radius 1 is 1.21 bits per heavy atom. The van der Waals surface area contributed by atoms with E-state index in [-0.39, 0.29) is 28.6 Å². The Morgan fingerprint density at radius 3 is 2.32 bits per heavy atom. The van der Waals surface area contributed by atoms with Crippen molar-refractivity contribution in [3.05, 3.63) is 34.4 Å². The lowest BCUT2D eigenvalue weighted by Crippen LogP contribution is -2.47. The second kappa shape index (κ2) is 5.45. The van der Waals surface area contributed by atoms with E-state index < -0.39 is 11.6 Å². The third-order valence-electron chi connectivity index (χ3n) is 3.67. The van der Waals surface area contributed by atoms with E-state index in [0.717, 1.165) is 31.4 Å². The predicted octanol–water partition coefficient (Wildman–Crippen LogP) is 4.02. The molecule has 1 aromatic carbocycles. The van der Waals surface area contributed by atoms with E-state index in [0.29, 0.717) is 0 Å². The van der Waals surface area contributed by atoms with Crippen LogP contribution in [0.3, 0.4) is 0 Å². The minimum Gasteiger partial charge on any atom is -0.333 e. The van der Waals surface area contributed by atoms with Crippen molar-refractivity contribution in [1.82, 2.24) is 4.90 Å². The summed E-state index contributed by atoms with van der Waals surface area (Å²) in [5.41, 5.74) is 0.0289. The minimum absolute atomic E-state index is 0.0289. The molecular weight excluding hydrogens is 272 g/mol. The highest BCUT2D eigenvalue weighted by Crippen LogP contribution is 2.28. The number of halogens is 3. The van der Waals surface area contributed by atoms with E-state index in [2.05, 4.69) is 0 Å². The molecular formula is C14H16ClF2NO. The van der Waals surface area contributed by atoms with Crippen molar-refractivity contribution >= 4 is 17.5 Å².